The first-order valence-corrected chi connectivity index (χ1v) is 6.72. The van der Waals surface area contributed by atoms with Gasteiger partial charge in [0.05, 0.1) is 11.9 Å². The van der Waals surface area contributed by atoms with Crippen LogP contribution in [0.4, 0.5) is 5.69 Å². The molecule has 1 aromatic heterocycles. The van der Waals surface area contributed by atoms with E-state index in [1.165, 1.54) is 6.20 Å². The number of aromatic carboxylic acids is 1. The van der Waals surface area contributed by atoms with Gasteiger partial charge in [0.2, 0.25) is 0 Å². The number of carboxylic acid groups (broad SMARTS) is 1. The van der Waals surface area contributed by atoms with E-state index < -0.39 is 5.97 Å². The van der Waals surface area contributed by atoms with Crippen LogP contribution in [0.2, 0.25) is 0 Å². The summed E-state index contributed by atoms with van der Waals surface area (Å²) in [6, 6.07) is 0. The van der Waals surface area contributed by atoms with Crippen molar-refractivity contribution in [3.63, 3.8) is 0 Å². The molecular weight excluding hydrogens is 258 g/mol. The van der Waals surface area contributed by atoms with E-state index in [2.05, 4.69) is 15.3 Å². The predicted octanol–water partition coefficient (Wildman–Crippen LogP) is 2.12. The van der Waals surface area contributed by atoms with E-state index >= 15 is 0 Å². The number of anilines is 1. The largest absolute Gasteiger partial charge is 0.476 e. The molecule has 0 radical (unpaired) electrons. The lowest BCUT2D eigenvalue weighted by atomic mass is 9.89. The summed E-state index contributed by atoms with van der Waals surface area (Å²) in [6.07, 6.45) is 2.15. The molecule has 1 rings (SSSR count). The number of carbonyl (C=O) groups is 1. The second-order valence-electron chi connectivity index (χ2n) is 5.94. The van der Waals surface area contributed by atoms with Crippen molar-refractivity contribution in [2.24, 2.45) is 5.41 Å². The van der Waals surface area contributed by atoms with Crippen LogP contribution in [-0.4, -0.2) is 39.3 Å². The van der Waals surface area contributed by atoms with Crippen molar-refractivity contribution in [2.45, 2.75) is 40.0 Å². The summed E-state index contributed by atoms with van der Waals surface area (Å²) in [6.45, 7) is 8.47. The van der Waals surface area contributed by atoms with Crippen LogP contribution in [0.15, 0.2) is 6.20 Å². The molecule has 6 nitrogen and oxygen atoms in total. The van der Waals surface area contributed by atoms with E-state index in [-0.39, 0.29) is 23.6 Å². The maximum absolute atomic E-state index is 11.3. The van der Waals surface area contributed by atoms with E-state index in [1.54, 1.807) is 0 Å². The van der Waals surface area contributed by atoms with Crippen molar-refractivity contribution in [3.05, 3.63) is 17.7 Å². The molecule has 0 fully saturated rings. The zero-order valence-corrected chi connectivity index (χ0v) is 12.5. The van der Waals surface area contributed by atoms with Gasteiger partial charge in [0.15, 0.2) is 5.69 Å². The van der Waals surface area contributed by atoms with Gasteiger partial charge in [-0.15, -0.1) is 0 Å². The third-order valence-electron chi connectivity index (χ3n) is 3.07. The molecule has 0 saturated carbocycles. The summed E-state index contributed by atoms with van der Waals surface area (Å²) in [4.78, 5) is 19.6. The number of nitrogens with zero attached hydrogens (tertiary/aromatic N) is 2. The quantitative estimate of drug-likeness (QED) is 0.708. The Hall–Kier alpha value is -1.69. The fourth-order valence-electron chi connectivity index (χ4n) is 1.69. The van der Waals surface area contributed by atoms with Crippen molar-refractivity contribution in [3.8, 4) is 0 Å². The topological polar surface area (TPSA) is 95.3 Å². The number of aliphatic hydroxyl groups excluding tert-OH is 1. The maximum atomic E-state index is 11.3. The smallest absolute Gasteiger partial charge is 0.356 e. The molecule has 0 aromatic carbocycles. The number of aromatic nitrogens is 2. The van der Waals surface area contributed by atoms with Crippen LogP contribution < -0.4 is 5.32 Å². The van der Waals surface area contributed by atoms with Crippen molar-refractivity contribution in [1.82, 2.24) is 9.97 Å². The van der Waals surface area contributed by atoms with Gasteiger partial charge in [-0.3, -0.25) is 0 Å². The number of carboxylic acids is 1. The van der Waals surface area contributed by atoms with E-state index in [0.717, 1.165) is 0 Å². The van der Waals surface area contributed by atoms with Crippen molar-refractivity contribution in [2.75, 3.05) is 18.5 Å². The average molecular weight is 281 g/mol. The number of nitrogens with one attached hydrogen (secondary N) is 1. The van der Waals surface area contributed by atoms with Crippen LogP contribution in [0.5, 0.6) is 0 Å². The number of rotatable bonds is 7. The monoisotopic (exact) mass is 281 g/mol. The first-order valence-electron chi connectivity index (χ1n) is 6.72. The second kappa shape index (κ2) is 6.65. The van der Waals surface area contributed by atoms with Crippen LogP contribution in [-0.2, 0) is 0 Å². The van der Waals surface area contributed by atoms with Crippen molar-refractivity contribution in [1.29, 1.82) is 0 Å². The highest BCUT2D eigenvalue weighted by Crippen LogP contribution is 2.22. The Balaban J connectivity index is 2.92. The Kier molecular flexibility index (Phi) is 5.44. The lowest BCUT2D eigenvalue weighted by Crippen LogP contribution is -2.25. The Morgan fingerprint density at radius 3 is 2.60 bits per heavy atom. The maximum Gasteiger partial charge on any atom is 0.356 e. The molecule has 0 aliphatic heterocycles. The molecule has 0 atom stereocenters. The molecule has 1 aromatic rings. The molecule has 0 aliphatic rings. The summed E-state index contributed by atoms with van der Waals surface area (Å²) in [5.41, 5.74) is 0.262. The zero-order chi connectivity index (χ0) is 15.3. The minimum absolute atomic E-state index is 0.0106. The minimum atomic E-state index is -1.07. The van der Waals surface area contributed by atoms with Crippen LogP contribution in [0.25, 0.3) is 0 Å². The highest BCUT2D eigenvalue weighted by atomic mass is 16.4. The van der Waals surface area contributed by atoms with Gasteiger partial charge >= 0.3 is 5.97 Å². The normalized spacial score (nSPS) is 11.7. The third kappa shape index (κ3) is 4.45. The molecule has 112 valence electrons. The van der Waals surface area contributed by atoms with E-state index in [1.807, 2.05) is 27.7 Å². The van der Waals surface area contributed by atoms with Crippen molar-refractivity contribution < 1.29 is 15.0 Å². The molecular formula is C14H23N3O3. The second-order valence-corrected chi connectivity index (χ2v) is 5.94. The van der Waals surface area contributed by atoms with Gasteiger partial charge in [0.25, 0.3) is 0 Å². The molecule has 0 unspecified atom stereocenters. The van der Waals surface area contributed by atoms with Gasteiger partial charge in [0, 0.05) is 19.1 Å². The summed E-state index contributed by atoms with van der Waals surface area (Å²) in [5, 5.41) is 21.3. The Labute approximate surface area is 119 Å². The average Bonchev–Trinajstić information content (AvgIpc) is 2.36. The first-order chi connectivity index (χ1) is 9.26. The lowest BCUT2D eigenvalue weighted by molar-refractivity contribution is 0.0691. The highest BCUT2D eigenvalue weighted by molar-refractivity contribution is 5.91. The summed E-state index contributed by atoms with van der Waals surface area (Å²) in [7, 11) is 0. The SMILES string of the molecule is CC(C)c1ncc(NCC(C)(C)CCO)c(C(=O)O)n1. The van der Waals surface area contributed by atoms with Gasteiger partial charge in [-0.1, -0.05) is 27.7 Å². The summed E-state index contributed by atoms with van der Waals surface area (Å²) >= 11 is 0. The molecule has 0 saturated heterocycles. The van der Waals surface area contributed by atoms with Gasteiger partial charge in [-0.25, -0.2) is 14.8 Å². The number of hydrogen-bond acceptors (Lipinski definition) is 5. The van der Waals surface area contributed by atoms with Crippen LogP contribution >= 0.6 is 0 Å². The highest BCUT2D eigenvalue weighted by Gasteiger charge is 2.20. The number of aliphatic hydroxyl groups is 1. The fraction of sp³-hybridized carbons (Fsp3) is 0.643. The van der Waals surface area contributed by atoms with Gasteiger partial charge in [-0.05, 0) is 11.8 Å². The van der Waals surface area contributed by atoms with Crippen LogP contribution in [0.1, 0.15) is 56.3 Å². The molecule has 0 bridgehead atoms. The van der Waals surface area contributed by atoms with E-state index in [0.29, 0.717) is 24.5 Å². The summed E-state index contributed by atoms with van der Waals surface area (Å²) in [5.74, 6) is -0.479. The molecule has 6 heteroatoms. The van der Waals surface area contributed by atoms with Crippen LogP contribution in [0, 0.1) is 5.41 Å². The van der Waals surface area contributed by atoms with Crippen molar-refractivity contribution >= 4 is 11.7 Å². The van der Waals surface area contributed by atoms with Gasteiger partial charge < -0.3 is 15.5 Å². The predicted molar refractivity (Wildman–Crippen MR) is 77.1 cm³/mol. The van der Waals surface area contributed by atoms with Crippen LogP contribution in [0.3, 0.4) is 0 Å². The molecule has 3 N–H and O–H groups in total. The standard InChI is InChI=1S/C14H23N3O3/c1-9(2)12-15-7-10(11(17-12)13(19)20)16-8-14(3,4)5-6-18/h7,9,16,18H,5-6,8H2,1-4H3,(H,19,20). The molecule has 0 aliphatic carbocycles. The molecule has 0 spiro atoms. The van der Waals surface area contributed by atoms with Gasteiger partial charge in [-0.2, -0.15) is 0 Å². The lowest BCUT2D eigenvalue weighted by Gasteiger charge is -2.24. The molecule has 20 heavy (non-hydrogen) atoms. The third-order valence-corrected chi connectivity index (χ3v) is 3.07. The summed E-state index contributed by atoms with van der Waals surface area (Å²) < 4.78 is 0. The Bertz CT molecular complexity index is 473. The first kappa shape index (κ1) is 16.4. The minimum Gasteiger partial charge on any atom is -0.476 e. The van der Waals surface area contributed by atoms with E-state index in [9.17, 15) is 9.90 Å². The van der Waals surface area contributed by atoms with E-state index in [4.69, 9.17) is 5.11 Å². The molecule has 0 amide bonds. The van der Waals surface area contributed by atoms with Gasteiger partial charge in [0.1, 0.15) is 5.82 Å². The Morgan fingerprint density at radius 2 is 2.10 bits per heavy atom. The number of hydrogen-bond donors (Lipinski definition) is 3. The fourth-order valence-corrected chi connectivity index (χ4v) is 1.69. The Morgan fingerprint density at radius 1 is 1.45 bits per heavy atom. The molecule has 1 heterocycles. The zero-order valence-electron chi connectivity index (χ0n) is 12.5.